The van der Waals surface area contributed by atoms with Gasteiger partial charge in [0, 0.05) is 11.4 Å². The first-order chi connectivity index (χ1) is 9.00. The Morgan fingerprint density at radius 1 is 1.11 bits per heavy atom. The Hall–Kier alpha value is -1.09. The van der Waals surface area contributed by atoms with Crippen LogP contribution in [0.2, 0.25) is 10.0 Å². The van der Waals surface area contributed by atoms with Gasteiger partial charge in [0.1, 0.15) is 5.82 Å². The molecule has 4 heteroatoms. The molecule has 0 heterocycles. The van der Waals surface area contributed by atoms with Crippen LogP contribution < -0.4 is 0 Å². The third-order valence-electron chi connectivity index (χ3n) is 3.03. The maximum atomic E-state index is 13.3. The van der Waals surface area contributed by atoms with Gasteiger partial charge in [-0.2, -0.15) is 0 Å². The second kappa shape index (κ2) is 5.91. The average Bonchev–Trinajstić information content (AvgIpc) is 2.38. The van der Waals surface area contributed by atoms with Crippen LogP contribution in [0.3, 0.4) is 0 Å². The van der Waals surface area contributed by atoms with Crippen LogP contribution in [0.1, 0.15) is 22.8 Å². The fourth-order valence-electron chi connectivity index (χ4n) is 1.95. The third kappa shape index (κ3) is 3.08. The summed E-state index contributed by atoms with van der Waals surface area (Å²) in [6.07, 6.45) is -0.591. The van der Waals surface area contributed by atoms with E-state index in [0.717, 1.165) is 5.56 Å². The SMILES string of the molecule is Cc1cccc(C(O)Cc2cccc(F)c2Cl)c1Cl. The van der Waals surface area contributed by atoms with E-state index in [4.69, 9.17) is 23.2 Å². The Morgan fingerprint density at radius 2 is 1.79 bits per heavy atom. The monoisotopic (exact) mass is 298 g/mol. The van der Waals surface area contributed by atoms with E-state index in [1.807, 2.05) is 19.1 Å². The first-order valence-corrected chi connectivity index (χ1v) is 6.62. The highest BCUT2D eigenvalue weighted by Gasteiger charge is 2.16. The predicted octanol–water partition coefficient (Wildman–Crippen LogP) is 4.72. The topological polar surface area (TPSA) is 20.2 Å². The zero-order chi connectivity index (χ0) is 14.0. The highest BCUT2D eigenvalue weighted by atomic mass is 35.5. The Morgan fingerprint density at radius 3 is 2.53 bits per heavy atom. The summed E-state index contributed by atoms with van der Waals surface area (Å²) in [4.78, 5) is 0. The van der Waals surface area contributed by atoms with Gasteiger partial charge >= 0.3 is 0 Å². The van der Waals surface area contributed by atoms with E-state index in [2.05, 4.69) is 0 Å². The van der Waals surface area contributed by atoms with E-state index in [1.165, 1.54) is 6.07 Å². The second-order valence-corrected chi connectivity index (χ2v) is 5.17. The predicted molar refractivity (Wildman–Crippen MR) is 76.3 cm³/mol. The molecule has 0 aliphatic rings. The van der Waals surface area contributed by atoms with Gasteiger partial charge < -0.3 is 5.11 Å². The number of hydrogen-bond acceptors (Lipinski definition) is 1. The number of halogens is 3. The van der Waals surface area contributed by atoms with Crippen LogP contribution in [0.15, 0.2) is 36.4 Å². The van der Waals surface area contributed by atoms with Crippen molar-refractivity contribution in [3.05, 3.63) is 69.0 Å². The van der Waals surface area contributed by atoms with Crippen LogP contribution in [0.25, 0.3) is 0 Å². The molecule has 2 rings (SSSR count). The average molecular weight is 299 g/mol. The summed E-state index contributed by atoms with van der Waals surface area (Å²) in [5.41, 5.74) is 2.08. The van der Waals surface area contributed by atoms with Gasteiger partial charge in [-0.15, -0.1) is 0 Å². The van der Waals surface area contributed by atoms with Crippen molar-refractivity contribution in [2.24, 2.45) is 0 Å². The van der Waals surface area contributed by atoms with E-state index >= 15 is 0 Å². The van der Waals surface area contributed by atoms with E-state index in [1.54, 1.807) is 18.2 Å². The van der Waals surface area contributed by atoms with Crippen LogP contribution >= 0.6 is 23.2 Å². The van der Waals surface area contributed by atoms with Gasteiger partial charge in [-0.05, 0) is 29.7 Å². The quantitative estimate of drug-likeness (QED) is 0.869. The number of hydrogen-bond donors (Lipinski definition) is 1. The van der Waals surface area contributed by atoms with Crippen molar-refractivity contribution in [2.75, 3.05) is 0 Å². The lowest BCUT2D eigenvalue weighted by Crippen LogP contribution is -2.04. The molecule has 1 atom stereocenters. The van der Waals surface area contributed by atoms with E-state index < -0.39 is 11.9 Å². The Kier molecular flexibility index (Phi) is 4.46. The molecule has 1 nitrogen and oxygen atoms in total. The highest BCUT2D eigenvalue weighted by molar-refractivity contribution is 6.32. The standard InChI is InChI=1S/C15H13Cl2FO/c1-9-4-2-6-11(14(9)16)13(19)8-10-5-3-7-12(18)15(10)17/h2-7,13,19H,8H2,1H3. The first-order valence-electron chi connectivity index (χ1n) is 5.86. The van der Waals surface area contributed by atoms with Gasteiger partial charge in [0.25, 0.3) is 0 Å². The summed E-state index contributed by atoms with van der Waals surface area (Å²) in [6, 6.07) is 10.0. The summed E-state index contributed by atoms with van der Waals surface area (Å²) in [5, 5.41) is 10.8. The molecule has 2 aromatic rings. The lowest BCUT2D eigenvalue weighted by Gasteiger charge is -2.15. The fraction of sp³-hybridized carbons (Fsp3) is 0.200. The van der Waals surface area contributed by atoms with Crippen LogP contribution in [-0.4, -0.2) is 5.11 Å². The van der Waals surface area contributed by atoms with Gasteiger partial charge in [0.15, 0.2) is 0 Å². The van der Waals surface area contributed by atoms with E-state index in [-0.39, 0.29) is 11.4 Å². The number of aliphatic hydroxyl groups is 1. The molecule has 2 aromatic carbocycles. The zero-order valence-corrected chi connectivity index (χ0v) is 11.8. The number of aryl methyl sites for hydroxylation is 1. The van der Waals surface area contributed by atoms with Crippen LogP contribution in [-0.2, 0) is 6.42 Å². The van der Waals surface area contributed by atoms with Gasteiger partial charge in [-0.3, -0.25) is 0 Å². The molecule has 1 N–H and O–H groups in total. The third-order valence-corrected chi connectivity index (χ3v) is 3.97. The van der Waals surface area contributed by atoms with Crippen molar-refractivity contribution in [1.82, 2.24) is 0 Å². The minimum absolute atomic E-state index is 0.0466. The molecule has 0 aliphatic carbocycles. The Labute approximate surface area is 121 Å². The van der Waals surface area contributed by atoms with Gasteiger partial charge in [-0.25, -0.2) is 4.39 Å². The summed E-state index contributed by atoms with van der Waals surface area (Å²) in [6.45, 7) is 1.87. The molecule has 19 heavy (non-hydrogen) atoms. The highest BCUT2D eigenvalue weighted by Crippen LogP contribution is 2.30. The van der Waals surface area contributed by atoms with E-state index in [0.29, 0.717) is 16.1 Å². The number of aliphatic hydroxyl groups excluding tert-OH is 1. The molecular formula is C15H13Cl2FO. The lowest BCUT2D eigenvalue weighted by atomic mass is 10.00. The molecule has 0 radical (unpaired) electrons. The van der Waals surface area contributed by atoms with Crippen molar-refractivity contribution >= 4 is 23.2 Å². The minimum Gasteiger partial charge on any atom is -0.388 e. The molecule has 0 spiro atoms. The summed E-state index contributed by atoms with van der Waals surface area (Å²) < 4.78 is 13.3. The summed E-state index contributed by atoms with van der Waals surface area (Å²) in [7, 11) is 0. The Bertz CT molecular complexity index is 599. The maximum absolute atomic E-state index is 13.3. The van der Waals surface area contributed by atoms with Gasteiger partial charge in [0.05, 0.1) is 11.1 Å². The molecule has 1 unspecified atom stereocenters. The molecular weight excluding hydrogens is 286 g/mol. The lowest BCUT2D eigenvalue weighted by molar-refractivity contribution is 0.178. The smallest absolute Gasteiger partial charge is 0.142 e. The largest absolute Gasteiger partial charge is 0.388 e. The number of rotatable bonds is 3. The molecule has 100 valence electrons. The summed E-state index contributed by atoms with van der Waals surface area (Å²) in [5.74, 6) is -0.485. The normalized spacial score (nSPS) is 12.5. The van der Waals surface area contributed by atoms with E-state index in [9.17, 15) is 9.50 Å². The van der Waals surface area contributed by atoms with Gasteiger partial charge in [0.2, 0.25) is 0 Å². The fourth-order valence-corrected chi connectivity index (χ4v) is 2.41. The minimum atomic E-state index is -0.813. The molecule has 0 amide bonds. The second-order valence-electron chi connectivity index (χ2n) is 4.41. The van der Waals surface area contributed by atoms with Crippen molar-refractivity contribution in [3.8, 4) is 0 Å². The molecule has 0 aliphatic heterocycles. The summed E-state index contributed by atoms with van der Waals surface area (Å²) >= 11 is 12.0. The van der Waals surface area contributed by atoms with Crippen molar-refractivity contribution in [2.45, 2.75) is 19.4 Å². The van der Waals surface area contributed by atoms with Crippen LogP contribution in [0.4, 0.5) is 4.39 Å². The van der Waals surface area contributed by atoms with Crippen LogP contribution in [0, 0.1) is 12.7 Å². The van der Waals surface area contributed by atoms with Crippen molar-refractivity contribution in [3.63, 3.8) is 0 Å². The van der Waals surface area contributed by atoms with Crippen molar-refractivity contribution < 1.29 is 9.50 Å². The zero-order valence-electron chi connectivity index (χ0n) is 10.3. The molecule has 0 saturated heterocycles. The van der Waals surface area contributed by atoms with Crippen LogP contribution in [0.5, 0.6) is 0 Å². The molecule has 0 aromatic heterocycles. The maximum Gasteiger partial charge on any atom is 0.142 e. The number of benzene rings is 2. The first kappa shape index (κ1) is 14.3. The molecule has 0 bridgehead atoms. The Balaban J connectivity index is 2.28. The molecule has 0 fully saturated rings. The van der Waals surface area contributed by atoms with Gasteiger partial charge in [-0.1, -0.05) is 53.5 Å². The molecule has 0 saturated carbocycles. The van der Waals surface area contributed by atoms with Crippen molar-refractivity contribution in [1.29, 1.82) is 0 Å².